The molecule has 0 spiro atoms. The maximum Gasteiger partial charge on any atom is 0.305 e. The summed E-state index contributed by atoms with van der Waals surface area (Å²) in [5.41, 5.74) is 0. The van der Waals surface area contributed by atoms with Crippen molar-refractivity contribution in [3.63, 3.8) is 0 Å². The Balaban J connectivity index is 3.43. The molecule has 0 fully saturated rings. The topological polar surface area (TPSA) is 95.9 Å². The summed E-state index contributed by atoms with van der Waals surface area (Å²) >= 11 is 0. The zero-order valence-corrected chi connectivity index (χ0v) is 47.3. The molecule has 70 heavy (non-hydrogen) atoms. The minimum Gasteiger partial charge on any atom is -0.466 e. The Morgan fingerprint density at radius 3 is 1.11 bits per heavy atom. The molecule has 6 heteroatoms. The van der Waals surface area contributed by atoms with Crippen LogP contribution >= 0.6 is 0 Å². The van der Waals surface area contributed by atoms with Crippen molar-refractivity contribution in [2.45, 2.75) is 360 Å². The van der Waals surface area contributed by atoms with Crippen LogP contribution in [0.2, 0.25) is 0 Å². The van der Waals surface area contributed by atoms with Crippen molar-refractivity contribution >= 4 is 11.9 Å². The van der Waals surface area contributed by atoms with Crippen LogP contribution in [0.5, 0.6) is 0 Å². The number of nitrogens with one attached hydrogen (secondary N) is 1. The van der Waals surface area contributed by atoms with E-state index in [0.717, 1.165) is 57.8 Å². The van der Waals surface area contributed by atoms with E-state index < -0.39 is 12.1 Å². The maximum absolute atomic E-state index is 12.5. The number of carbonyl (C=O) groups is 2. The fourth-order valence-electron chi connectivity index (χ4n) is 9.91. The van der Waals surface area contributed by atoms with Crippen LogP contribution < -0.4 is 5.32 Å². The molecule has 3 N–H and O–H groups in total. The second-order valence-electron chi connectivity index (χ2n) is 21.7. The number of hydrogen-bond acceptors (Lipinski definition) is 5. The van der Waals surface area contributed by atoms with Gasteiger partial charge in [0.25, 0.3) is 0 Å². The first-order valence-corrected chi connectivity index (χ1v) is 31.6. The maximum atomic E-state index is 12.5. The highest BCUT2D eigenvalue weighted by molar-refractivity contribution is 5.76. The summed E-state index contributed by atoms with van der Waals surface area (Å²) in [6.07, 6.45) is 73.2. The smallest absolute Gasteiger partial charge is 0.305 e. The number of amides is 1. The molecule has 414 valence electrons. The number of unbranched alkanes of at least 4 members (excludes halogenated alkanes) is 44. The number of allylic oxidation sites excluding steroid dienone is 4. The highest BCUT2D eigenvalue weighted by Crippen LogP contribution is 2.18. The van der Waals surface area contributed by atoms with Crippen LogP contribution in [0.25, 0.3) is 0 Å². The quantitative estimate of drug-likeness (QED) is 0.0321. The van der Waals surface area contributed by atoms with Crippen molar-refractivity contribution in [1.82, 2.24) is 5.32 Å². The van der Waals surface area contributed by atoms with Gasteiger partial charge in [-0.15, -0.1) is 0 Å². The monoisotopic (exact) mass is 986 g/mol. The lowest BCUT2D eigenvalue weighted by atomic mass is 10.0. The van der Waals surface area contributed by atoms with Gasteiger partial charge >= 0.3 is 5.97 Å². The van der Waals surface area contributed by atoms with Gasteiger partial charge in [-0.3, -0.25) is 9.59 Å². The first-order valence-electron chi connectivity index (χ1n) is 31.6. The van der Waals surface area contributed by atoms with Crippen molar-refractivity contribution in [3.05, 3.63) is 24.3 Å². The van der Waals surface area contributed by atoms with Crippen molar-refractivity contribution in [2.75, 3.05) is 13.2 Å². The van der Waals surface area contributed by atoms with Crippen LogP contribution in [0.15, 0.2) is 24.3 Å². The summed E-state index contributed by atoms with van der Waals surface area (Å²) in [4.78, 5) is 24.6. The molecule has 2 unspecified atom stereocenters. The van der Waals surface area contributed by atoms with E-state index in [1.165, 1.54) is 257 Å². The van der Waals surface area contributed by atoms with Crippen LogP contribution in [0, 0.1) is 0 Å². The van der Waals surface area contributed by atoms with Gasteiger partial charge in [0.05, 0.1) is 25.4 Å². The predicted octanol–water partition coefficient (Wildman–Crippen LogP) is 19.8. The highest BCUT2D eigenvalue weighted by atomic mass is 16.5. The summed E-state index contributed by atoms with van der Waals surface area (Å²) in [7, 11) is 0. The van der Waals surface area contributed by atoms with Gasteiger partial charge < -0.3 is 20.3 Å². The van der Waals surface area contributed by atoms with Crippen LogP contribution in [-0.4, -0.2) is 47.4 Å². The Labute approximate surface area is 437 Å². The zero-order valence-electron chi connectivity index (χ0n) is 47.3. The van der Waals surface area contributed by atoms with Gasteiger partial charge in [0.2, 0.25) is 5.91 Å². The van der Waals surface area contributed by atoms with Crippen LogP contribution in [0.3, 0.4) is 0 Å². The lowest BCUT2D eigenvalue weighted by Crippen LogP contribution is -2.45. The van der Waals surface area contributed by atoms with Crippen molar-refractivity contribution in [2.24, 2.45) is 0 Å². The highest BCUT2D eigenvalue weighted by Gasteiger charge is 2.20. The van der Waals surface area contributed by atoms with Gasteiger partial charge in [-0.2, -0.15) is 0 Å². The molecule has 0 aliphatic rings. The van der Waals surface area contributed by atoms with E-state index >= 15 is 0 Å². The standard InChI is InChI=1S/C64H123NO5/c1-3-5-7-9-11-13-15-17-19-20-21-22-23-24-25-29-32-36-40-44-48-52-56-62(67)61(60-66)65-63(68)57-53-49-45-41-37-33-30-26-27-31-35-39-43-47-51-55-59-70-64(69)58-54-50-46-42-38-34-28-18-16-14-12-10-8-6-4-2/h12,14,18,28,61-62,66-67H,3-11,13,15-17,19-27,29-60H2,1-2H3,(H,65,68)/b14-12-,28-18-. The third kappa shape index (κ3) is 55.7. The molecule has 0 aromatic heterocycles. The van der Waals surface area contributed by atoms with Gasteiger partial charge in [-0.25, -0.2) is 0 Å². The van der Waals surface area contributed by atoms with E-state index in [-0.39, 0.29) is 18.5 Å². The molecule has 0 aromatic rings. The number of carbonyl (C=O) groups excluding carboxylic acids is 2. The predicted molar refractivity (Wildman–Crippen MR) is 306 cm³/mol. The summed E-state index contributed by atoms with van der Waals surface area (Å²) in [6, 6.07) is -0.548. The lowest BCUT2D eigenvalue weighted by Gasteiger charge is -2.22. The van der Waals surface area contributed by atoms with Crippen molar-refractivity contribution < 1.29 is 24.5 Å². The first-order chi connectivity index (χ1) is 34.5. The molecule has 0 bridgehead atoms. The van der Waals surface area contributed by atoms with Gasteiger partial charge in [0.15, 0.2) is 0 Å². The minimum atomic E-state index is -0.670. The molecule has 0 aliphatic carbocycles. The Morgan fingerprint density at radius 2 is 0.714 bits per heavy atom. The number of ether oxygens (including phenoxy) is 1. The third-order valence-corrected chi connectivity index (χ3v) is 14.8. The molecule has 0 saturated carbocycles. The lowest BCUT2D eigenvalue weighted by molar-refractivity contribution is -0.143. The number of aliphatic hydroxyl groups excluding tert-OH is 2. The van der Waals surface area contributed by atoms with Gasteiger partial charge in [0, 0.05) is 12.8 Å². The molecular formula is C64H123NO5. The second-order valence-corrected chi connectivity index (χ2v) is 21.7. The summed E-state index contributed by atoms with van der Waals surface area (Å²) in [5, 5.41) is 23.4. The molecule has 6 nitrogen and oxygen atoms in total. The number of aliphatic hydroxyl groups is 2. The molecule has 0 aliphatic heterocycles. The Hall–Kier alpha value is -1.66. The second kappa shape index (κ2) is 59.9. The van der Waals surface area contributed by atoms with E-state index in [2.05, 4.69) is 43.5 Å². The van der Waals surface area contributed by atoms with E-state index in [4.69, 9.17) is 4.74 Å². The molecule has 2 atom stereocenters. The first kappa shape index (κ1) is 68.3. The fraction of sp³-hybridized carbons (Fsp3) is 0.906. The Bertz CT molecular complexity index is 1090. The van der Waals surface area contributed by atoms with Gasteiger partial charge in [-0.1, -0.05) is 301 Å². The Kier molecular flexibility index (Phi) is 58.5. The average molecular weight is 987 g/mol. The van der Waals surface area contributed by atoms with Crippen LogP contribution in [0.4, 0.5) is 0 Å². The molecule has 0 heterocycles. The summed E-state index contributed by atoms with van der Waals surface area (Å²) in [6.45, 7) is 4.93. The van der Waals surface area contributed by atoms with E-state index in [1.54, 1.807) is 0 Å². The van der Waals surface area contributed by atoms with E-state index in [0.29, 0.717) is 25.9 Å². The third-order valence-electron chi connectivity index (χ3n) is 14.8. The summed E-state index contributed by atoms with van der Waals surface area (Å²) in [5.74, 6) is -0.0486. The fourth-order valence-corrected chi connectivity index (χ4v) is 9.91. The largest absolute Gasteiger partial charge is 0.466 e. The van der Waals surface area contributed by atoms with Crippen LogP contribution in [0.1, 0.15) is 348 Å². The average Bonchev–Trinajstić information content (AvgIpc) is 3.36. The van der Waals surface area contributed by atoms with Crippen molar-refractivity contribution in [1.29, 1.82) is 0 Å². The molecular weight excluding hydrogens is 863 g/mol. The summed E-state index contributed by atoms with van der Waals surface area (Å²) < 4.78 is 5.47. The van der Waals surface area contributed by atoms with Crippen LogP contribution in [-0.2, 0) is 14.3 Å². The van der Waals surface area contributed by atoms with E-state index in [1.807, 2.05) is 0 Å². The number of hydrogen-bond donors (Lipinski definition) is 3. The normalized spacial score (nSPS) is 12.7. The molecule has 0 rings (SSSR count). The van der Waals surface area contributed by atoms with E-state index in [9.17, 15) is 19.8 Å². The molecule has 0 saturated heterocycles. The molecule has 1 amide bonds. The van der Waals surface area contributed by atoms with Gasteiger partial charge in [-0.05, 0) is 57.8 Å². The minimum absolute atomic E-state index is 0.00993. The Morgan fingerprint density at radius 1 is 0.400 bits per heavy atom. The molecule has 0 radical (unpaired) electrons. The van der Waals surface area contributed by atoms with Crippen molar-refractivity contribution in [3.8, 4) is 0 Å². The SMILES string of the molecule is CCCCC/C=C\C/C=C\CCCCCCCC(=O)OCCCCCCCCCCCCCCCCCCC(=O)NC(CO)C(O)CCCCCCCCCCCCCCCCCCCCCCCC. The molecule has 0 aromatic carbocycles. The zero-order chi connectivity index (χ0) is 50.7. The number of rotatable bonds is 59. The van der Waals surface area contributed by atoms with Gasteiger partial charge in [0.1, 0.15) is 0 Å². The number of esters is 1.